The molecule has 2 fully saturated rings. The zero-order chi connectivity index (χ0) is 17.8. The van der Waals surface area contributed by atoms with E-state index in [1.54, 1.807) is 12.0 Å². The van der Waals surface area contributed by atoms with Crippen molar-refractivity contribution in [2.45, 2.75) is 25.4 Å². The fraction of sp³-hybridized carbons (Fsp3) is 0.625. The lowest BCUT2D eigenvalue weighted by Gasteiger charge is -2.36. The topological polar surface area (TPSA) is 96.8 Å². The van der Waals surface area contributed by atoms with Crippen LogP contribution < -0.4 is 10.9 Å². The zero-order valence-electron chi connectivity index (χ0n) is 14.3. The first kappa shape index (κ1) is 17.4. The number of amides is 3. The molecule has 0 unspecified atom stereocenters. The highest BCUT2D eigenvalue weighted by Crippen LogP contribution is 2.19. The summed E-state index contributed by atoms with van der Waals surface area (Å²) in [6, 6.07) is 2.98. The Bertz CT molecular complexity index is 696. The van der Waals surface area contributed by atoms with Gasteiger partial charge in [0, 0.05) is 45.4 Å². The maximum absolute atomic E-state index is 12.7. The van der Waals surface area contributed by atoms with Gasteiger partial charge in [-0.25, -0.2) is 9.48 Å². The smallest absolute Gasteiger partial charge is 0.317 e. The highest BCUT2D eigenvalue weighted by Gasteiger charge is 2.32. The van der Waals surface area contributed by atoms with E-state index in [2.05, 4.69) is 10.4 Å². The van der Waals surface area contributed by atoms with Gasteiger partial charge in [0.2, 0.25) is 0 Å². The van der Waals surface area contributed by atoms with Crippen molar-refractivity contribution >= 4 is 11.9 Å². The van der Waals surface area contributed by atoms with Crippen molar-refractivity contribution in [3.63, 3.8) is 0 Å². The molecule has 0 bridgehead atoms. The second kappa shape index (κ2) is 7.64. The minimum atomic E-state index is -0.257. The SMILES string of the molecule is COCCn1nc(C(=O)N2CCC(N3CCNC3=O)CC2)ccc1=O. The highest BCUT2D eigenvalue weighted by molar-refractivity contribution is 5.92. The van der Waals surface area contributed by atoms with Crippen LogP contribution >= 0.6 is 0 Å². The Morgan fingerprint density at radius 3 is 2.68 bits per heavy atom. The molecule has 2 aliphatic rings. The summed E-state index contributed by atoms with van der Waals surface area (Å²) >= 11 is 0. The van der Waals surface area contributed by atoms with Gasteiger partial charge >= 0.3 is 6.03 Å². The molecule has 0 radical (unpaired) electrons. The average Bonchev–Trinajstić information content (AvgIpc) is 3.06. The number of hydrogen-bond acceptors (Lipinski definition) is 5. The molecule has 0 aliphatic carbocycles. The number of piperidine rings is 1. The van der Waals surface area contributed by atoms with E-state index >= 15 is 0 Å². The molecule has 3 amide bonds. The molecule has 2 saturated heterocycles. The molecule has 3 rings (SSSR count). The van der Waals surface area contributed by atoms with Crippen molar-refractivity contribution in [2.75, 3.05) is 39.9 Å². The van der Waals surface area contributed by atoms with E-state index in [-0.39, 0.29) is 29.2 Å². The Labute approximate surface area is 145 Å². The van der Waals surface area contributed by atoms with Gasteiger partial charge in [-0.3, -0.25) is 9.59 Å². The molecule has 2 aliphatic heterocycles. The quantitative estimate of drug-likeness (QED) is 0.774. The van der Waals surface area contributed by atoms with Crippen LogP contribution in [0.5, 0.6) is 0 Å². The van der Waals surface area contributed by atoms with Crippen LogP contribution in [0.25, 0.3) is 0 Å². The third-order valence-corrected chi connectivity index (χ3v) is 4.68. The molecule has 9 heteroatoms. The van der Waals surface area contributed by atoms with Gasteiger partial charge in [0.25, 0.3) is 11.5 Å². The Hall–Kier alpha value is -2.42. The van der Waals surface area contributed by atoms with Crippen LogP contribution in [0.15, 0.2) is 16.9 Å². The van der Waals surface area contributed by atoms with Crippen LogP contribution in [0, 0.1) is 0 Å². The monoisotopic (exact) mass is 349 g/mol. The summed E-state index contributed by atoms with van der Waals surface area (Å²) in [5.74, 6) is -0.185. The summed E-state index contributed by atoms with van der Waals surface area (Å²) in [5, 5.41) is 6.96. The van der Waals surface area contributed by atoms with Crippen molar-refractivity contribution in [3.8, 4) is 0 Å². The van der Waals surface area contributed by atoms with Crippen LogP contribution in [0.4, 0.5) is 4.79 Å². The van der Waals surface area contributed by atoms with E-state index in [9.17, 15) is 14.4 Å². The van der Waals surface area contributed by atoms with E-state index < -0.39 is 0 Å². The van der Waals surface area contributed by atoms with Crippen LogP contribution in [-0.4, -0.2) is 77.5 Å². The van der Waals surface area contributed by atoms with E-state index in [0.717, 1.165) is 19.4 Å². The van der Waals surface area contributed by atoms with Crippen molar-refractivity contribution in [1.82, 2.24) is 24.9 Å². The molecule has 25 heavy (non-hydrogen) atoms. The molecular weight excluding hydrogens is 326 g/mol. The zero-order valence-corrected chi connectivity index (χ0v) is 14.3. The Balaban J connectivity index is 1.62. The van der Waals surface area contributed by atoms with Gasteiger partial charge in [-0.05, 0) is 18.9 Å². The second-order valence-electron chi connectivity index (χ2n) is 6.22. The standard InChI is InChI=1S/C16H23N5O4/c1-25-11-10-21-14(22)3-2-13(18-21)15(23)19-7-4-12(5-8-19)20-9-6-17-16(20)24/h2-3,12H,4-11H2,1H3,(H,17,24). The third-order valence-electron chi connectivity index (χ3n) is 4.68. The molecule has 9 nitrogen and oxygen atoms in total. The maximum Gasteiger partial charge on any atom is 0.317 e. The van der Waals surface area contributed by atoms with E-state index in [1.165, 1.54) is 16.8 Å². The first-order valence-corrected chi connectivity index (χ1v) is 8.51. The summed E-state index contributed by atoms with van der Waals surface area (Å²) in [6.45, 7) is 3.23. The molecule has 1 aromatic rings. The number of methoxy groups -OCH3 is 1. The predicted octanol–water partition coefficient (Wildman–Crippen LogP) is -0.480. The lowest BCUT2D eigenvalue weighted by atomic mass is 10.0. The summed E-state index contributed by atoms with van der Waals surface area (Å²) in [7, 11) is 1.55. The second-order valence-corrected chi connectivity index (χ2v) is 6.22. The molecule has 0 saturated carbocycles. The minimum Gasteiger partial charge on any atom is -0.383 e. The van der Waals surface area contributed by atoms with Crippen LogP contribution in [0.3, 0.4) is 0 Å². The Morgan fingerprint density at radius 1 is 1.28 bits per heavy atom. The average molecular weight is 349 g/mol. The molecule has 1 N–H and O–H groups in total. The van der Waals surface area contributed by atoms with Gasteiger partial charge in [-0.2, -0.15) is 5.10 Å². The Morgan fingerprint density at radius 2 is 2.04 bits per heavy atom. The largest absolute Gasteiger partial charge is 0.383 e. The normalized spacial score (nSPS) is 18.5. The first-order valence-electron chi connectivity index (χ1n) is 8.51. The number of carbonyl (C=O) groups excluding carboxylic acids is 2. The maximum atomic E-state index is 12.7. The number of hydrogen-bond donors (Lipinski definition) is 1. The lowest BCUT2D eigenvalue weighted by molar-refractivity contribution is 0.0656. The molecule has 136 valence electrons. The number of nitrogens with zero attached hydrogens (tertiary/aromatic N) is 4. The van der Waals surface area contributed by atoms with Crippen molar-refractivity contribution in [1.29, 1.82) is 0 Å². The minimum absolute atomic E-state index is 0.0170. The number of ether oxygens (including phenoxy) is 1. The lowest BCUT2D eigenvalue weighted by Crippen LogP contribution is -2.48. The third kappa shape index (κ3) is 3.81. The number of carbonyl (C=O) groups is 2. The fourth-order valence-electron chi connectivity index (χ4n) is 3.28. The Kier molecular flexibility index (Phi) is 5.32. The van der Waals surface area contributed by atoms with E-state index in [1.807, 2.05) is 4.90 Å². The van der Waals surface area contributed by atoms with Crippen LogP contribution in [0.2, 0.25) is 0 Å². The summed E-state index contributed by atoms with van der Waals surface area (Å²) < 4.78 is 6.20. The number of urea groups is 1. The molecular formula is C16H23N5O4. The van der Waals surface area contributed by atoms with Gasteiger partial charge in [0.05, 0.1) is 13.2 Å². The van der Waals surface area contributed by atoms with Gasteiger partial charge in [-0.1, -0.05) is 0 Å². The van der Waals surface area contributed by atoms with Crippen molar-refractivity contribution in [2.24, 2.45) is 0 Å². The number of rotatable bonds is 5. The molecule has 0 aromatic carbocycles. The van der Waals surface area contributed by atoms with Crippen LogP contribution in [0.1, 0.15) is 23.3 Å². The fourth-order valence-corrected chi connectivity index (χ4v) is 3.28. The van der Waals surface area contributed by atoms with Crippen molar-refractivity contribution in [3.05, 3.63) is 28.2 Å². The molecule has 3 heterocycles. The van der Waals surface area contributed by atoms with Crippen molar-refractivity contribution < 1.29 is 14.3 Å². The van der Waals surface area contributed by atoms with Gasteiger partial charge < -0.3 is 19.9 Å². The summed E-state index contributed by atoms with van der Waals surface area (Å²) in [4.78, 5) is 39.8. The van der Waals surface area contributed by atoms with Crippen LogP contribution in [-0.2, 0) is 11.3 Å². The van der Waals surface area contributed by atoms with Gasteiger partial charge in [0.1, 0.15) is 5.69 Å². The summed E-state index contributed by atoms with van der Waals surface area (Å²) in [5.41, 5.74) is 0.000391. The first-order chi connectivity index (χ1) is 12.1. The molecule has 1 aromatic heterocycles. The van der Waals surface area contributed by atoms with Gasteiger partial charge in [0.15, 0.2) is 0 Å². The summed E-state index contributed by atoms with van der Waals surface area (Å²) in [6.07, 6.45) is 1.50. The molecule has 0 spiro atoms. The van der Waals surface area contributed by atoms with E-state index in [4.69, 9.17) is 4.74 Å². The number of likely N-dealkylation sites (tertiary alicyclic amines) is 1. The number of aromatic nitrogens is 2. The van der Waals surface area contributed by atoms with E-state index in [0.29, 0.717) is 32.8 Å². The van der Waals surface area contributed by atoms with Gasteiger partial charge in [-0.15, -0.1) is 0 Å². The number of nitrogens with one attached hydrogen (secondary N) is 1. The molecule has 0 atom stereocenters. The highest BCUT2D eigenvalue weighted by atomic mass is 16.5. The predicted molar refractivity (Wildman–Crippen MR) is 89.4 cm³/mol.